The first-order valence-corrected chi connectivity index (χ1v) is 6.18. The fraction of sp³-hybridized carbons (Fsp3) is 0.333. The van der Waals surface area contributed by atoms with Gasteiger partial charge in [-0.2, -0.15) is 10.2 Å². The maximum atomic E-state index is 11.9. The molecule has 2 aromatic rings. The van der Waals surface area contributed by atoms with Crippen molar-refractivity contribution in [1.82, 2.24) is 20.0 Å². The number of aryl methyl sites for hydroxylation is 1. The van der Waals surface area contributed by atoms with Gasteiger partial charge in [-0.3, -0.25) is 19.4 Å². The van der Waals surface area contributed by atoms with E-state index in [1.54, 1.807) is 6.07 Å². The van der Waals surface area contributed by atoms with E-state index in [4.69, 9.17) is 5.11 Å². The van der Waals surface area contributed by atoms with E-state index in [2.05, 4.69) is 20.6 Å². The van der Waals surface area contributed by atoms with Crippen molar-refractivity contribution >= 4 is 17.6 Å². The van der Waals surface area contributed by atoms with Crippen LogP contribution in [0.25, 0.3) is 0 Å². The molecule has 0 atom stereocenters. The Hall–Kier alpha value is -2.64. The number of aliphatic carboxylic acids is 1. The zero-order valence-electron chi connectivity index (χ0n) is 11.0. The van der Waals surface area contributed by atoms with Crippen LogP contribution in [0, 0.1) is 0 Å². The van der Waals surface area contributed by atoms with Crippen LogP contribution in [-0.2, 0) is 17.8 Å². The summed E-state index contributed by atoms with van der Waals surface area (Å²) in [5.41, 5.74) is 1.62. The molecule has 0 aliphatic carbocycles. The van der Waals surface area contributed by atoms with E-state index in [-0.39, 0.29) is 12.5 Å². The molecule has 2 heterocycles. The summed E-state index contributed by atoms with van der Waals surface area (Å²) < 4.78 is 1.23. The lowest BCUT2D eigenvalue weighted by atomic mass is 10.2. The fourth-order valence-electron chi connectivity index (χ4n) is 1.72. The zero-order valence-corrected chi connectivity index (χ0v) is 11.0. The average Bonchev–Trinajstić information content (AvgIpc) is 2.99. The van der Waals surface area contributed by atoms with Crippen molar-refractivity contribution in [3.8, 4) is 0 Å². The number of carboxylic acids is 1. The molecule has 0 unspecified atom stereocenters. The van der Waals surface area contributed by atoms with Crippen LogP contribution in [0.4, 0.5) is 5.69 Å². The minimum Gasteiger partial charge on any atom is -0.480 e. The van der Waals surface area contributed by atoms with Gasteiger partial charge in [-0.1, -0.05) is 13.3 Å². The number of nitrogens with zero attached hydrogens (tertiary/aromatic N) is 3. The number of aromatic amines is 1. The quantitative estimate of drug-likeness (QED) is 0.726. The summed E-state index contributed by atoms with van der Waals surface area (Å²) in [7, 11) is 0. The number of rotatable bonds is 6. The molecule has 0 spiro atoms. The average molecular weight is 277 g/mol. The molecule has 0 fully saturated rings. The third-order valence-corrected chi connectivity index (χ3v) is 2.57. The van der Waals surface area contributed by atoms with Crippen molar-refractivity contribution in [2.75, 3.05) is 5.32 Å². The molecule has 0 bridgehead atoms. The Morgan fingerprint density at radius 1 is 1.50 bits per heavy atom. The highest BCUT2D eigenvalue weighted by atomic mass is 16.4. The highest BCUT2D eigenvalue weighted by Crippen LogP contribution is 2.08. The third kappa shape index (κ3) is 3.44. The summed E-state index contributed by atoms with van der Waals surface area (Å²) >= 11 is 0. The molecule has 1 amide bonds. The van der Waals surface area contributed by atoms with E-state index in [1.165, 1.54) is 17.1 Å². The maximum absolute atomic E-state index is 11.9. The molecule has 8 nitrogen and oxygen atoms in total. The van der Waals surface area contributed by atoms with E-state index in [9.17, 15) is 9.59 Å². The smallest absolute Gasteiger partial charge is 0.325 e. The van der Waals surface area contributed by atoms with Crippen LogP contribution in [0.1, 0.15) is 29.5 Å². The number of amides is 1. The van der Waals surface area contributed by atoms with Gasteiger partial charge in [-0.15, -0.1) is 0 Å². The van der Waals surface area contributed by atoms with Gasteiger partial charge in [0, 0.05) is 11.9 Å². The second kappa shape index (κ2) is 6.00. The number of carbonyl (C=O) groups excluding carboxylic acids is 1. The van der Waals surface area contributed by atoms with Gasteiger partial charge >= 0.3 is 5.97 Å². The summed E-state index contributed by atoms with van der Waals surface area (Å²) in [5, 5.41) is 21.8. The number of aromatic nitrogens is 4. The maximum Gasteiger partial charge on any atom is 0.325 e. The molecular weight excluding hydrogens is 262 g/mol. The second-order valence-electron chi connectivity index (χ2n) is 4.30. The minimum atomic E-state index is -0.998. The summed E-state index contributed by atoms with van der Waals surface area (Å²) in [6, 6.07) is 1.69. The van der Waals surface area contributed by atoms with Crippen LogP contribution in [0.5, 0.6) is 0 Å². The van der Waals surface area contributed by atoms with Crippen molar-refractivity contribution in [3.05, 3.63) is 29.8 Å². The third-order valence-electron chi connectivity index (χ3n) is 2.57. The number of hydrogen-bond acceptors (Lipinski definition) is 4. The molecule has 2 aromatic heterocycles. The summed E-state index contributed by atoms with van der Waals surface area (Å²) in [4.78, 5) is 22.4. The highest BCUT2D eigenvalue weighted by Gasteiger charge is 2.12. The van der Waals surface area contributed by atoms with Crippen molar-refractivity contribution < 1.29 is 14.7 Å². The molecular formula is C12H15N5O3. The standard InChI is InChI=1S/C12H15N5O3/c1-2-3-8-4-10(16-15-8)12(20)14-9-5-13-17(6-9)7-11(18)19/h4-6H,2-3,7H2,1H3,(H,14,20)(H,15,16)(H,18,19). The van der Waals surface area contributed by atoms with E-state index in [1.807, 2.05) is 6.92 Å². The van der Waals surface area contributed by atoms with Gasteiger partial charge in [0.1, 0.15) is 6.54 Å². The van der Waals surface area contributed by atoms with Gasteiger partial charge in [0.15, 0.2) is 5.69 Å². The van der Waals surface area contributed by atoms with Crippen molar-refractivity contribution in [2.45, 2.75) is 26.3 Å². The van der Waals surface area contributed by atoms with Crippen molar-refractivity contribution in [3.63, 3.8) is 0 Å². The Bertz CT molecular complexity index is 616. The molecule has 3 N–H and O–H groups in total. The molecule has 2 rings (SSSR count). The molecule has 0 radical (unpaired) electrons. The van der Waals surface area contributed by atoms with Crippen LogP contribution < -0.4 is 5.32 Å². The normalized spacial score (nSPS) is 10.4. The van der Waals surface area contributed by atoms with Gasteiger partial charge in [0.2, 0.25) is 0 Å². The largest absolute Gasteiger partial charge is 0.480 e. The Labute approximate surface area is 114 Å². The predicted octanol–water partition coefficient (Wildman–Crippen LogP) is 0.896. The van der Waals surface area contributed by atoms with Crippen molar-refractivity contribution in [1.29, 1.82) is 0 Å². The number of anilines is 1. The monoisotopic (exact) mass is 277 g/mol. The van der Waals surface area contributed by atoms with Crippen LogP contribution in [0.2, 0.25) is 0 Å². The molecule has 0 aliphatic rings. The molecule has 0 saturated carbocycles. The fourth-order valence-corrected chi connectivity index (χ4v) is 1.72. The van der Waals surface area contributed by atoms with E-state index < -0.39 is 5.97 Å². The van der Waals surface area contributed by atoms with Crippen LogP contribution in [0.15, 0.2) is 18.5 Å². The lowest BCUT2D eigenvalue weighted by molar-refractivity contribution is -0.137. The predicted molar refractivity (Wildman–Crippen MR) is 70.4 cm³/mol. The molecule has 106 valence electrons. The van der Waals surface area contributed by atoms with Gasteiger partial charge in [-0.25, -0.2) is 0 Å². The van der Waals surface area contributed by atoms with E-state index >= 15 is 0 Å². The first kappa shape index (κ1) is 13.8. The summed E-state index contributed by atoms with van der Waals surface area (Å²) in [6.07, 6.45) is 4.63. The summed E-state index contributed by atoms with van der Waals surface area (Å²) in [6.45, 7) is 1.79. The zero-order chi connectivity index (χ0) is 14.5. The van der Waals surface area contributed by atoms with Gasteiger partial charge in [0.05, 0.1) is 11.9 Å². The first-order valence-electron chi connectivity index (χ1n) is 6.18. The number of carboxylic acid groups (broad SMARTS) is 1. The molecule has 0 saturated heterocycles. The second-order valence-corrected chi connectivity index (χ2v) is 4.30. The van der Waals surface area contributed by atoms with Crippen LogP contribution in [0.3, 0.4) is 0 Å². The lowest BCUT2D eigenvalue weighted by Gasteiger charge is -1.98. The molecule has 20 heavy (non-hydrogen) atoms. The van der Waals surface area contributed by atoms with Crippen LogP contribution in [-0.4, -0.2) is 37.0 Å². The highest BCUT2D eigenvalue weighted by molar-refractivity contribution is 6.02. The summed E-state index contributed by atoms with van der Waals surface area (Å²) in [5.74, 6) is -1.36. The molecule has 8 heteroatoms. The number of carbonyl (C=O) groups is 2. The number of nitrogens with one attached hydrogen (secondary N) is 2. The topological polar surface area (TPSA) is 113 Å². The Morgan fingerprint density at radius 2 is 2.30 bits per heavy atom. The Balaban J connectivity index is 1.99. The van der Waals surface area contributed by atoms with E-state index in [0.717, 1.165) is 18.5 Å². The SMILES string of the molecule is CCCc1cc(C(=O)Nc2cnn(CC(=O)O)c2)n[nH]1. The van der Waals surface area contributed by atoms with Gasteiger partial charge < -0.3 is 10.4 Å². The molecule has 0 aliphatic heterocycles. The van der Waals surface area contributed by atoms with Gasteiger partial charge in [-0.05, 0) is 12.5 Å². The van der Waals surface area contributed by atoms with Crippen LogP contribution >= 0.6 is 0 Å². The number of H-pyrrole nitrogens is 1. The lowest BCUT2D eigenvalue weighted by Crippen LogP contribution is -2.12. The Morgan fingerprint density at radius 3 is 3.00 bits per heavy atom. The minimum absolute atomic E-state index is 0.251. The number of hydrogen-bond donors (Lipinski definition) is 3. The van der Waals surface area contributed by atoms with E-state index in [0.29, 0.717) is 11.4 Å². The Kier molecular flexibility index (Phi) is 4.14. The first-order chi connectivity index (χ1) is 9.58. The van der Waals surface area contributed by atoms with Gasteiger partial charge in [0.25, 0.3) is 5.91 Å². The van der Waals surface area contributed by atoms with Crippen molar-refractivity contribution in [2.24, 2.45) is 0 Å². The molecule has 0 aromatic carbocycles.